The zero-order valence-corrected chi connectivity index (χ0v) is 19.6. The second kappa shape index (κ2) is 9.81. The Morgan fingerprint density at radius 3 is 2.72 bits per heavy atom. The Morgan fingerprint density at radius 2 is 1.94 bits per heavy atom. The molecule has 0 bridgehead atoms. The maximum absolute atomic E-state index is 14.5. The van der Waals surface area contributed by atoms with E-state index in [1.165, 1.54) is 16.7 Å². The van der Waals surface area contributed by atoms with Crippen LogP contribution in [0.4, 0.5) is 18.9 Å². The summed E-state index contributed by atoms with van der Waals surface area (Å²) in [6.07, 6.45) is 4.24. The molecule has 0 unspecified atom stereocenters. The third kappa shape index (κ3) is 4.62. The average Bonchev–Trinajstić information content (AvgIpc) is 2.87. The van der Waals surface area contributed by atoms with Crippen molar-refractivity contribution in [2.45, 2.75) is 38.3 Å². The number of ether oxygens (including phenoxy) is 2. The lowest BCUT2D eigenvalue weighted by Gasteiger charge is -2.29. The van der Waals surface area contributed by atoms with Crippen molar-refractivity contribution in [2.24, 2.45) is 13.0 Å². The molecule has 2 N–H and O–H groups in total. The summed E-state index contributed by atoms with van der Waals surface area (Å²) >= 11 is 0. The van der Waals surface area contributed by atoms with Crippen LogP contribution in [-0.4, -0.2) is 34.7 Å². The predicted octanol–water partition coefficient (Wildman–Crippen LogP) is 3.41. The molecule has 2 aromatic heterocycles. The number of halogens is 3. The van der Waals surface area contributed by atoms with Crippen molar-refractivity contribution >= 4 is 22.6 Å². The summed E-state index contributed by atoms with van der Waals surface area (Å²) in [5.41, 5.74) is 0.734. The second-order valence-electron chi connectivity index (χ2n) is 9.19. The van der Waals surface area contributed by atoms with Gasteiger partial charge in [0, 0.05) is 31.3 Å². The van der Waals surface area contributed by atoms with Crippen molar-refractivity contribution in [2.75, 3.05) is 18.5 Å². The molecule has 0 radical (unpaired) electrons. The van der Waals surface area contributed by atoms with Crippen LogP contribution in [0.2, 0.25) is 0 Å². The molecule has 3 heterocycles. The summed E-state index contributed by atoms with van der Waals surface area (Å²) in [6, 6.07) is 4.39. The van der Waals surface area contributed by atoms with Crippen molar-refractivity contribution in [3.63, 3.8) is 0 Å². The molecule has 1 aliphatic carbocycles. The maximum Gasteiger partial charge on any atom is 0.262 e. The number of benzene rings is 1. The molecule has 11 heteroatoms. The Hall–Kier alpha value is -3.60. The first-order chi connectivity index (χ1) is 17.3. The van der Waals surface area contributed by atoms with E-state index in [1.807, 2.05) is 0 Å². The first-order valence-electron chi connectivity index (χ1n) is 11.8. The molecule has 2 aliphatic rings. The molecule has 0 saturated heterocycles. The highest BCUT2D eigenvalue weighted by Crippen LogP contribution is 2.35. The molecular weight excluding hydrogens is 477 g/mol. The van der Waals surface area contributed by atoms with Gasteiger partial charge >= 0.3 is 0 Å². The molecular formula is C25H25F3N4O4. The van der Waals surface area contributed by atoms with Gasteiger partial charge in [0.25, 0.3) is 11.5 Å². The molecule has 1 amide bonds. The monoisotopic (exact) mass is 502 g/mol. The molecule has 1 aromatic carbocycles. The number of hydrogen-bond donors (Lipinski definition) is 2. The van der Waals surface area contributed by atoms with Gasteiger partial charge in [-0.25, -0.2) is 8.78 Å². The first kappa shape index (κ1) is 24.1. The number of hydrogen-bond acceptors (Lipinski definition) is 6. The van der Waals surface area contributed by atoms with Crippen molar-refractivity contribution in [1.29, 1.82) is 0 Å². The van der Waals surface area contributed by atoms with Crippen molar-refractivity contribution in [1.82, 2.24) is 14.9 Å². The van der Waals surface area contributed by atoms with Crippen molar-refractivity contribution in [3.05, 3.63) is 57.8 Å². The lowest BCUT2D eigenvalue weighted by Crippen LogP contribution is -2.34. The van der Waals surface area contributed by atoms with Crippen LogP contribution in [0.5, 0.6) is 11.5 Å². The van der Waals surface area contributed by atoms with E-state index in [2.05, 4.69) is 15.6 Å². The highest BCUT2D eigenvalue weighted by Gasteiger charge is 2.27. The quantitative estimate of drug-likeness (QED) is 0.537. The average molecular weight is 502 g/mol. The second-order valence-corrected chi connectivity index (χ2v) is 9.19. The Bertz CT molecular complexity index is 1390. The minimum absolute atomic E-state index is 0.0152. The van der Waals surface area contributed by atoms with Gasteiger partial charge in [0.15, 0.2) is 29.7 Å². The topological polar surface area (TPSA) is 94.5 Å². The largest absolute Gasteiger partial charge is 0.488 e. The van der Waals surface area contributed by atoms with E-state index in [0.717, 1.165) is 31.9 Å². The van der Waals surface area contributed by atoms with Crippen LogP contribution >= 0.6 is 0 Å². The van der Waals surface area contributed by atoms with E-state index >= 15 is 0 Å². The lowest BCUT2D eigenvalue weighted by molar-refractivity contribution is -0.118. The van der Waals surface area contributed by atoms with Crippen LogP contribution < -0.4 is 25.7 Å². The van der Waals surface area contributed by atoms with E-state index in [0.29, 0.717) is 11.0 Å². The van der Waals surface area contributed by atoms with Gasteiger partial charge in [-0.1, -0.05) is 0 Å². The first-order valence-corrected chi connectivity index (χ1v) is 11.8. The number of nitrogens with one attached hydrogen (secondary N) is 2. The van der Waals surface area contributed by atoms with E-state index in [1.54, 1.807) is 13.1 Å². The SMILES string of the molecule is Cn1c(=O)ccc2ncc(F)c(OCC3CCC(NCc4cc5c(c(F)c4F)OCC(=O)N5)CC3)c21. The number of nitrogens with zero attached hydrogens (tertiary/aromatic N) is 2. The van der Waals surface area contributed by atoms with Gasteiger partial charge in [0.2, 0.25) is 5.82 Å². The predicted molar refractivity (Wildman–Crippen MR) is 126 cm³/mol. The van der Waals surface area contributed by atoms with Gasteiger partial charge in [-0.05, 0) is 43.7 Å². The molecule has 190 valence electrons. The summed E-state index contributed by atoms with van der Waals surface area (Å²) in [5, 5.41) is 5.76. The smallest absolute Gasteiger partial charge is 0.262 e. The molecule has 8 nitrogen and oxygen atoms in total. The minimum atomic E-state index is -1.11. The summed E-state index contributed by atoms with van der Waals surface area (Å²) in [7, 11) is 1.55. The Kier molecular flexibility index (Phi) is 6.57. The fourth-order valence-electron chi connectivity index (χ4n) is 4.77. The Morgan fingerprint density at radius 1 is 1.17 bits per heavy atom. The number of carbonyl (C=O) groups is 1. The van der Waals surface area contributed by atoms with E-state index in [4.69, 9.17) is 9.47 Å². The van der Waals surface area contributed by atoms with E-state index in [-0.39, 0.29) is 60.0 Å². The molecule has 1 fully saturated rings. The van der Waals surface area contributed by atoms with Crippen LogP contribution in [-0.2, 0) is 18.4 Å². The van der Waals surface area contributed by atoms with Crippen LogP contribution in [0, 0.1) is 23.4 Å². The lowest BCUT2D eigenvalue weighted by atomic mass is 9.86. The molecule has 1 saturated carbocycles. The van der Waals surface area contributed by atoms with Gasteiger partial charge in [-0.3, -0.25) is 14.6 Å². The number of anilines is 1. The fourth-order valence-corrected chi connectivity index (χ4v) is 4.77. The maximum atomic E-state index is 14.5. The molecule has 5 rings (SSSR count). The molecule has 3 aromatic rings. The highest BCUT2D eigenvalue weighted by atomic mass is 19.2. The number of aryl methyl sites for hydroxylation is 1. The zero-order valence-electron chi connectivity index (χ0n) is 19.6. The fraction of sp³-hybridized carbons (Fsp3) is 0.400. The standard InChI is InChI=1S/C25H25F3N4O4/c1-32-20(34)7-6-17-23(32)24(16(26)10-30-17)35-11-13-2-4-15(5-3-13)29-9-14-8-18-25(22(28)21(14)27)36-12-19(33)31-18/h6-8,10,13,15,29H,2-5,9,11-12H2,1H3,(H,31,33). The molecule has 1 aliphatic heterocycles. The third-order valence-electron chi connectivity index (χ3n) is 6.79. The Balaban J connectivity index is 1.18. The van der Waals surface area contributed by atoms with Gasteiger partial charge < -0.3 is 24.7 Å². The molecule has 36 heavy (non-hydrogen) atoms. The number of aromatic nitrogens is 2. The summed E-state index contributed by atoms with van der Waals surface area (Å²) in [5.74, 6) is -3.25. The summed E-state index contributed by atoms with van der Waals surface area (Å²) < 4.78 is 55.5. The Labute approximate surface area is 204 Å². The van der Waals surface area contributed by atoms with Crippen LogP contribution in [0.3, 0.4) is 0 Å². The number of rotatable bonds is 6. The van der Waals surface area contributed by atoms with Crippen molar-refractivity contribution < 1.29 is 27.4 Å². The van der Waals surface area contributed by atoms with E-state index < -0.39 is 23.4 Å². The molecule has 0 atom stereocenters. The van der Waals surface area contributed by atoms with Gasteiger partial charge in [-0.2, -0.15) is 4.39 Å². The minimum Gasteiger partial charge on any atom is -0.488 e. The molecule has 0 spiro atoms. The van der Waals surface area contributed by atoms with Crippen LogP contribution in [0.25, 0.3) is 11.0 Å². The van der Waals surface area contributed by atoms with Gasteiger partial charge in [0.05, 0.1) is 24.0 Å². The number of pyridine rings is 2. The van der Waals surface area contributed by atoms with Crippen LogP contribution in [0.15, 0.2) is 29.2 Å². The summed E-state index contributed by atoms with van der Waals surface area (Å²) in [6.45, 7) is 0.0340. The normalized spacial score (nSPS) is 19.5. The number of carbonyl (C=O) groups excluding carboxylic acids is 1. The van der Waals surface area contributed by atoms with Gasteiger partial charge in [0.1, 0.15) is 5.52 Å². The van der Waals surface area contributed by atoms with E-state index in [9.17, 15) is 22.8 Å². The van der Waals surface area contributed by atoms with Crippen LogP contribution in [0.1, 0.15) is 31.2 Å². The number of fused-ring (bicyclic) bond motifs is 2. The summed E-state index contributed by atoms with van der Waals surface area (Å²) in [4.78, 5) is 27.6. The highest BCUT2D eigenvalue weighted by molar-refractivity contribution is 5.95. The van der Waals surface area contributed by atoms with Gasteiger partial charge in [-0.15, -0.1) is 0 Å². The van der Waals surface area contributed by atoms with Crippen molar-refractivity contribution in [3.8, 4) is 11.5 Å². The third-order valence-corrected chi connectivity index (χ3v) is 6.79. The zero-order chi connectivity index (χ0) is 25.4. The number of amides is 1.